The van der Waals surface area contributed by atoms with Crippen molar-refractivity contribution in [2.45, 2.75) is 32.4 Å². The van der Waals surface area contributed by atoms with Crippen LogP contribution < -0.4 is 15.4 Å². The summed E-state index contributed by atoms with van der Waals surface area (Å²) in [6, 6.07) is 15.9. The van der Waals surface area contributed by atoms with Crippen molar-refractivity contribution in [3.05, 3.63) is 65.2 Å². The molecule has 0 aliphatic carbocycles. The zero-order chi connectivity index (χ0) is 20.2. The number of carbonyl (C=O) groups is 2. The number of alkyl carbamates (subject to hydrolysis) is 1. The van der Waals surface area contributed by atoms with E-state index in [4.69, 9.17) is 21.1 Å². The van der Waals surface area contributed by atoms with E-state index < -0.39 is 12.1 Å². The smallest absolute Gasteiger partial charge is 0.408 e. The highest BCUT2D eigenvalue weighted by Crippen LogP contribution is 2.15. The molecule has 0 unspecified atom stereocenters. The molecule has 0 aliphatic rings. The second kappa shape index (κ2) is 11.9. The van der Waals surface area contributed by atoms with Gasteiger partial charge >= 0.3 is 6.09 Å². The molecule has 150 valence electrons. The van der Waals surface area contributed by atoms with E-state index in [1.54, 1.807) is 19.1 Å². The topological polar surface area (TPSA) is 76.7 Å². The molecule has 2 aromatic carbocycles. The second-order valence-corrected chi connectivity index (χ2v) is 6.66. The van der Waals surface area contributed by atoms with Crippen LogP contribution in [0.15, 0.2) is 54.6 Å². The normalized spacial score (nSPS) is 11.4. The Morgan fingerprint density at radius 2 is 1.75 bits per heavy atom. The number of carbonyl (C=O) groups excluding carboxylic acids is 2. The van der Waals surface area contributed by atoms with E-state index in [9.17, 15) is 9.59 Å². The summed E-state index contributed by atoms with van der Waals surface area (Å²) in [4.78, 5) is 23.8. The number of ether oxygens (including phenoxy) is 2. The molecule has 0 bridgehead atoms. The molecule has 2 rings (SSSR count). The van der Waals surface area contributed by atoms with Crippen LogP contribution in [0.2, 0.25) is 5.02 Å². The molecule has 2 aromatic rings. The van der Waals surface area contributed by atoms with Crippen molar-refractivity contribution >= 4 is 23.6 Å². The first kappa shape index (κ1) is 21.6. The zero-order valence-electron chi connectivity index (χ0n) is 15.8. The molecule has 0 saturated heterocycles. The van der Waals surface area contributed by atoms with Gasteiger partial charge < -0.3 is 20.1 Å². The van der Waals surface area contributed by atoms with Gasteiger partial charge in [-0.1, -0.05) is 41.9 Å². The second-order valence-electron chi connectivity index (χ2n) is 6.23. The summed E-state index contributed by atoms with van der Waals surface area (Å²) in [6.45, 7) is 2.84. The third kappa shape index (κ3) is 8.31. The Kier molecular flexibility index (Phi) is 9.15. The molecule has 0 spiro atoms. The van der Waals surface area contributed by atoms with Crippen LogP contribution in [0.1, 0.15) is 25.3 Å². The Morgan fingerprint density at radius 3 is 2.46 bits per heavy atom. The highest BCUT2D eigenvalue weighted by Gasteiger charge is 2.15. The summed E-state index contributed by atoms with van der Waals surface area (Å²) in [5.41, 5.74) is 0.885. The van der Waals surface area contributed by atoms with E-state index in [1.165, 1.54) is 0 Å². The molecule has 0 saturated carbocycles. The highest BCUT2D eigenvalue weighted by atomic mass is 35.5. The molecule has 28 heavy (non-hydrogen) atoms. The minimum absolute atomic E-state index is 0.161. The first-order valence-electron chi connectivity index (χ1n) is 9.18. The maximum Gasteiger partial charge on any atom is 0.408 e. The van der Waals surface area contributed by atoms with E-state index in [2.05, 4.69) is 10.6 Å². The number of unbranched alkanes of at least 4 members (excludes halogenated alkanes) is 1. The Hall–Kier alpha value is -2.73. The number of benzene rings is 2. The summed E-state index contributed by atoms with van der Waals surface area (Å²) in [7, 11) is 0. The van der Waals surface area contributed by atoms with Gasteiger partial charge in [0.25, 0.3) is 0 Å². The van der Waals surface area contributed by atoms with Crippen LogP contribution in [0, 0.1) is 0 Å². The van der Waals surface area contributed by atoms with E-state index in [1.807, 2.05) is 42.5 Å². The molecule has 0 aliphatic heterocycles. The van der Waals surface area contributed by atoms with Gasteiger partial charge in [-0.15, -0.1) is 0 Å². The third-order valence-corrected chi connectivity index (χ3v) is 4.15. The fourth-order valence-corrected chi connectivity index (χ4v) is 2.45. The fourth-order valence-electron chi connectivity index (χ4n) is 2.32. The van der Waals surface area contributed by atoms with Gasteiger partial charge in [0.05, 0.1) is 6.61 Å². The molecular weight excluding hydrogens is 380 g/mol. The molecule has 0 heterocycles. The molecule has 7 heteroatoms. The monoisotopic (exact) mass is 404 g/mol. The van der Waals surface area contributed by atoms with Crippen LogP contribution in [-0.4, -0.2) is 31.2 Å². The lowest BCUT2D eigenvalue weighted by Gasteiger charge is -2.14. The van der Waals surface area contributed by atoms with Gasteiger partial charge in [-0.05, 0) is 49.6 Å². The Morgan fingerprint density at radius 1 is 1.04 bits per heavy atom. The largest absolute Gasteiger partial charge is 0.494 e. The summed E-state index contributed by atoms with van der Waals surface area (Å²) in [5.74, 6) is 0.510. The van der Waals surface area contributed by atoms with Crippen LogP contribution in [0.25, 0.3) is 0 Å². The molecular formula is C21H25ClN2O4. The van der Waals surface area contributed by atoms with E-state index in [0.717, 1.165) is 24.2 Å². The van der Waals surface area contributed by atoms with Crippen molar-refractivity contribution in [3.63, 3.8) is 0 Å². The molecule has 2 amide bonds. The lowest BCUT2D eigenvalue weighted by molar-refractivity contribution is -0.122. The lowest BCUT2D eigenvalue weighted by atomic mass is 10.2. The number of rotatable bonds is 10. The van der Waals surface area contributed by atoms with Gasteiger partial charge in [0.2, 0.25) is 5.91 Å². The molecule has 1 atom stereocenters. The van der Waals surface area contributed by atoms with Crippen LogP contribution in [0.3, 0.4) is 0 Å². The van der Waals surface area contributed by atoms with Crippen molar-refractivity contribution in [2.24, 2.45) is 0 Å². The summed E-state index contributed by atoms with van der Waals surface area (Å²) in [6.07, 6.45) is 0.941. The van der Waals surface area contributed by atoms with Gasteiger partial charge in [0.15, 0.2) is 0 Å². The minimum atomic E-state index is -0.673. The van der Waals surface area contributed by atoms with Gasteiger partial charge in [0.1, 0.15) is 18.4 Å². The van der Waals surface area contributed by atoms with E-state index >= 15 is 0 Å². The lowest BCUT2D eigenvalue weighted by Crippen LogP contribution is -2.45. The predicted octanol–water partition coefficient (Wildman–Crippen LogP) is 3.93. The SMILES string of the molecule is C[C@H](NC(=O)OCc1ccccc1)C(=O)NCCCCOc1ccc(Cl)cc1. The fraction of sp³-hybridized carbons (Fsp3) is 0.333. The molecule has 6 nitrogen and oxygen atoms in total. The Balaban J connectivity index is 1.54. The quantitative estimate of drug-likeness (QED) is 0.588. The number of nitrogens with one attached hydrogen (secondary N) is 2. The zero-order valence-corrected chi connectivity index (χ0v) is 16.6. The molecule has 2 N–H and O–H groups in total. The highest BCUT2D eigenvalue weighted by molar-refractivity contribution is 6.30. The van der Waals surface area contributed by atoms with Crippen LogP contribution in [-0.2, 0) is 16.1 Å². The third-order valence-electron chi connectivity index (χ3n) is 3.89. The van der Waals surface area contributed by atoms with Crippen LogP contribution >= 0.6 is 11.6 Å². The minimum Gasteiger partial charge on any atom is -0.494 e. The average Bonchev–Trinajstić information content (AvgIpc) is 2.71. The van der Waals surface area contributed by atoms with Gasteiger partial charge in [-0.3, -0.25) is 4.79 Å². The van der Waals surface area contributed by atoms with Crippen molar-refractivity contribution in [3.8, 4) is 5.75 Å². The van der Waals surface area contributed by atoms with Crippen molar-refractivity contribution in [1.29, 1.82) is 0 Å². The average molecular weight is 405 g/mol. The van der Waals surface area contributed by atoms with Crippen molar-refractivity contribution in [2.75, 3.05) is 13.2 Å². The summed E-state index contributed by atoms with van der Waals surface area (Å²) >= 11 is 5.82. The number of hydrogen-bond donors (Lipinski definition) is 2. The number of halogens is 1. The first-order valence-corrected chi connectivity index (χ1v) is 9.55. The van der Waals surface area contributed by atoms with Gasteiger partial charge in [0, 0.05) is 11.6 Å². The van der Waals surface area contributed by atoms with E-state index in [0.29, 0.717) is 18.2 Å². The molecule has 0 aromatic heterocycles. The first-order chi connectivity index (χ1) is 13.5. The van der Waals surface area contributed by atoms with Crippen molar-refractivity contribution < 1.29 is 19.1 Å². The summed E-state index contributed by atoms with van der Waals surface area (Å²) < 4.78 is 10.7. The Labute approximate surface area is 170 Å². The maximum atomic E-state index is 12.0. The Bertz CT molecular complexity index is 738. The van der Waals surface area contributed by atoms with Crippen molar-refractivity contribution in [1.82, 2.24) is 10.6 Å². The predicted molar refractivity (Wildman–Crippen MR) is 108 cm³/mol. The maximum absolute atomic E-state index is 12.0. The van der Waals surface area contributed by atoms with Gasteiger partial charge in [-0.2, -0.15) is 0 Å². The number of hydrogen-bond acceptors (Lipinski definition) is 4. The number of amides is 2. The van der Waals surface area contributed by atoms with Gasteiger partial charge in [-0.25, -0.2) is 4.79 Å². The summed E-state index contributed by atoms with van der Waals surface area (Å²) in [5, 5.41) is 5.97. The molecule has 0 radical (unpaired) electrons. The van der Waals surface area contributed by atoms with E-state index in [-0.39, 0.29) is 12.5 Å². The van der Waals surface area contributed by atoms with Crippen LogP contribution in [0.5, 0.6) is 5.75 Å². The van der Waals surface area contributed by atoms with Crippen LogP contribution in [0.4, 0.5) is 4.79 Å². The molecule has 0 fully saturated rings. The standard InChI is InChI=1S/C21H25ClN2O4/c1-16(24-21(26)28-15-17-7-3-2-4-8-17)20(25)23-13-5-6-14-27-19-11-9-18(22)10-12-19/h2-4,7-12,16H,5-6,13-15H2,1H3,(H,23,25)(H,24,26)/t16-/m0/s1.